The Labute approximate surface area is 138 Å². The Balaban J connectivity index is 2.01. The van der Waals surface area contributed by atoms with Crippen molar-refractivity contribution in [2.24, 2.45) is 0 Å². The average molecular weight is 308 g/mol. The summed E-state index contributed by atoms with van der Waals surface area (Å²) in [4.78, 5) is 4.57. The average Bonchev–Trinajstić information content (AvgIpc) is 2.97. The zero-order valence-electron chi connectivity index (χ0n) is 14.1. The summed E-state index contributed by atoms with van der Waals surface area (Å²) in [5.41, 5.74) is 6.81. The number of hydrogen-bond donors (Lipinski definition) is 1. The Bertz CT molecular complexity index is 707. The first-order valence-corrected chi connectivity index (χ1v) is 8.19. The number of rotatable bonds is 6. The molecule has 0 unspecified atom stereocenters. The highest BCUT2D eigenvalue weighted by Gasteiger charge is 2.26. The monoisotopic (exact) mass is 308 g/mol. The molecule has 0 spiro atoms. The largest absolute Gasteiger partial charge is 0.497 e. The van der Waals surface area contributed by atoms with E-state index in [0.717, 1.165) is 30.8 Å². The van der Waals surface area contributed by atoms with Gasteiger partial charge in [0.1, 0.15) is 5.75 Å². The number of benzene rings is 1. The number of ether oxygens (including phenoxy) is 1. The van der Waals surface area contributed by atoms with Gasteiger partial charge < -0.3 is 10.1 Å². The fourth-order valence-electron chi connectivity index (χ4n) is 3.44. The lowest BCUT2D eigenvalue weighted by molar-refractivity contribution is 0.414. The standard InChI is InChI=1S/C20H24N2O/c1-14(19-6-4-5-10-22-19)20-15(9-11-21-2)12-16-13-17(23-3)7-8-18(16)20/h4-8,10,13-14,21H,9,11-12H2,1-3H3/t14-/m1/s1. The first-order valence-electron chi connectivity index (χ1n) is 8.19. The van der Waals surface area contributed by atoms with Crippen molar-refractivity contribution in [1.82, 2.24) is 10.3 Å². The van der Waals surface area contributed by atoms with Crippen LogP contribution in [0, 0.1) is 0 Å². The molecule has 2 aromatic rings. The van der Waals surface area contributed by atoms with E-state index in [-0.39, 0.29) is 0 Å². The minimum absolute atomic E-state index is 0.303. The van der Waals surface area contributed by atoms with Crippen molar-refractivity contribution in [3.05, 3.63) is 65.0 Å². The zero-order valence-corrected chi connectivity index (χ0v) is 14.1. The molecule has 0 aliphatic heterocycles. The maximum absolute atomic E-state index is 5.39. The van der Waals surface area contributed by atoms with Crippen LogP contribution in [-0.2, 0) is 6.42 Å². The molecule has 120 valence electrons. The van der Waals surface area contributed by atoms with Crippen LogP contribution >= 0.6 is 0 Å². The summed E-state index contributed by atoms with van der Waals surface area (Å²) in [6, 6.07) is 12.6. The minimum Gasteiger partial charge on any atom is -0.497 e. The number of pyridine rings is 1. The van der Waals surface area contributed by atoms with Gasteiger partial charge in [-0.15, -0.1) is 0 Å². The van der Waals surface area contributed by atoms with Crippen LogP contribution in [0.2, 0.25) is 0 Å². The van der Waals surface area contributed by atoms with Gasteiger partial charge in [-0.2, -0.15) is 0 Å². The number of nitrogens with zero attached hydrogens (tertiary/aromatic N) is 1. The number of methoxy groups -OCH3 is 1. The first kappa shape index (κ1) is 15.8. The SMILES string of the molecule is CNCCC1=C([C@H](C)c2ccccn2)c2ccc(OC)cc2C1. The van der Waals surface area contributed by atoms with Crippen LogP contribution in [0.25, 0.3) is 5.57 Å². The predicted molar refractivity (Wildman–Crippen MR) is 94.8 cm³/mol. The van der Waals surface area contributed by atoms with Crippen molar-refractivity contribution in [3.8, 4) is 5.75 Å². The van der Waals surface area contributed by atoms with E-state index in [1.807, 2.05) is 19.3 Å². The van der Waals surface area contributed by atoms with E-state index >= 15 is 0 Å². The molecule has 0 amide bonds. The molecular weight excluding hydrogens is 284 g/mol. The number of aromatic nitrogens is 1. The Morgan fingerprint density at radius 1 is 1.26 bits per heavy atom. The molecular formula is C20H24N2O. The Hall–Kier alpha value is -2.13. The van der Waals surface area contributed by atoms with Crippen LogP contribution < -0.4 is 10.1 Å². The molecule has 1 N–H and O–H groups in total. The summed E-state index contributed by atoms with van der Waals surface area (Å²) in [7, 11) is 3.73. The molecule has 3 heteroatoms. The van der Waals surface area contributed by atoms with Crippen LogP contribution in [0.3, 0.4) is 0 Å². The zero-order chi connectivity index (χ0) is 16.2. The van der Waals surface area contributed by atoms with E-state index in [2.05, 4.69) is 47.6 Å². The van der Waals surface area contributed by atoms with Gasteiger partial charge in [-0.25, -0.2) is 0 Å². The molecule has 1 aromatic heterocycles. The highest BCUT2D eigenvalue weighted by molar-refractivity contribution is 5.80. The fourth-order valence-corrected chi connectivity index (χ4v) is 3.44. The summed E-state index contributed by atoms with van der Waals surface area (Å²) in [6.07, 6.45) is 3.96. The van der Waals surface area contributed by atoms with E-state index in [0.29, 0.717) is 5.92 Å². The molecule has 3 rings (SSSR count). The topological polar surface area (TPSA) is 34.2 Å². The third-order valence-electron chi connectivity index (χ3n) is 4.63. The smallest absolute Gasteiger partial charge is 0.119 e. The van der Waals surface area contributed by atoms with Gasteiger partial charge in [-0.1, -0.05) is 24.6 Å². The number of fused-ring (bicyclic) bond motifs is 1. The van der Waals surface area contributed by atoms with Gasteiger partial charge in [-0.3, -0.25) is 4.98 Å². The third-order valence-corrected chi connectivity index (χ3v) is 4.63. The molecule has 0 saturated heterocycles. The van der Waals surface area contributed by atoms with Crippen LogP contribution in [0.4, 0.5) is 0 Å². The molecule has 0 bridgehead atoms. The van der Waals surface area contributed by atoms with Gasteiger partial charge >= 0.3 is 0 Å². The second-order valence-electron chi connectivity index (χ2n) is 6.05. The normalized spacial score (nSPS) is 14.7. The summed E-state index contributed by atoms with van der Waals surface area (Å²) >= 11 is 0. The van der Waals surface area contributed by atoms with Crippen molar-refractivity contribution in [3.63, 3.8) is 0 Å². The lowest BCUT2D eigenvalue weighted by Crippen LogP contribution is -2.09. The maximum Gasteiger partial charge on any atom is 0.119 e. The fraction of sp³-hybridized carbons (Fsp3) is 0.350. The minimum atomic E-state index is 0.303. The van der Waals surface area contributed by atoms with E-state index in [9.17, 15) is 0 Å². The van der Waals surface area contributed by atoms with Gasteiger partial charge in [0.15, 0.2) is 0 Å². The highest BCUT2D eigenvalue weighted by atomic mass is 16.5. The second kappa shape index (κ2) is 6.97. The van der Waals surface area contributed by atoms with Gasteiger partial charge in [0, 0.05) is 17.8 Å². The molecule has 1 aliphatic carbocycles. The van der Waals surface area contributed by atoms with E-state index < -0.39 is 0 Å². The highest BCUT2D eigenvalue weighted by Crippen LogP contribution is 2.43. The summed E-state index contributed by atoms with van der Waals surface area (Å²) in [6.45, 7) is 3.26. The Kier molecular flexibility index (Phi) is 4.77. The Morgan fingerprint density at radius 3 is 2.83 bits per heavy atom. The van der Waals surface area contributed by atoms with Crippen molar-refractivity contribution in [2.45, 2.75) is 25.7 Å². The van der Waals surface area contributed by atoms with Gasteiger partial charge in [0.05, 0.1) is 7.11 Å². The van der Waals surface area contributed by atoms with Crippen LogP contribution in [-0.4, -0.2) is 25.7 Å². The van der Waals surface area contributed by atoms with Crippen molar-refractivity contribution in [2.75, 3.05) is 20.7 Å². The van der Waals surface area contributed by atoms with Gasteiger partial charge in [0.2, 0.25) is 0 Å². The predicted octanol–water partition coefficient (Wildman–Crippen LogP) is 3.81. The lowest BCUT2D eigenvalue weighted by atomic mass is 9.89. The van der Waals surface area contributed by atoms with Gasteiger partial charge in [0.25, 0.3) is 0 Å². The maximum atomic E-state index is 5.39. The molecule has 1 atom stereocenters. The molecule has 1 aromatic carbocycles. The molecule has 0 saturated carbocycles. The second-order valence-corrected chi connectivity index (χ2v) is 6.05. The Morgan fingerprint density at radius 2 is 2.13 bits per heavy atom. The van der Waals surface area contributed by atoms with Crippen LogP contribution in [0.5, 0.6) is 5.75 Å². The van der Waals surface area contributed by atoms with E-state index in [4.69, 9.17) is 4.74 Å². The number of hydrogen-bond acceptors (Lipinski definition) is 3. The van der Waals surface area contributed by atoms with Crippen LogP contribution in [0.15, 0.2) is 48.2 Å². The van der Waals surface area contributed by atoms with Crippen LogP contribution in [0.1, 0.15) is 36.1 Å². The van der Waals surface area contributed by atoms with E-state index in [1.165, 1.54) is 22.3 Å². The molecule has 1 aliphatic rings. The molecule has 0 fully saturated rings. The number of allylic oxidation sites excluding steroid dienone is 1. The van der Waals surface area contributed by atoms with Gasteiger partial charge in [-0.05, 0) is 67.4 Å². The van der Waals surface area contributed by atoms with E-state index in [1.54, 1.807) is 7.11 Å². The number of nitrogens with one attached hydrogen (secondary N) is 1. The molecule has 1 heterocycles. The summed E-state index contributed by atoms with van der Waals surface area (Å²) < 4.78 is 5.39. The summed E-state index contributed by atoms with van der Waals surface area (Å²) in [5.74, 6) is 1.24. The lowest BCUT2D eigenvalue weighted by Gasteiger charge is -2.17. The third kappa shape index (κ3) is 3.15. The van der Waals surface area contributed by atoms with Crippen molar-refractivity contribution in [1.29, 1.82) is 0 Å². The molecule has 23 heavy (non-hydrogen) atoms. The quantitative estimate of drug-likeness (QED) is 0.881. The molecule has 3 nitrogen and oxygen atoms in total. The first-order chi connectivity index (χ1) is 11.2. The van der Waals surface area contributed by atoms with Crippen molar-refractivity contribution < 1.29 is 4.74 Å². The van der Waals surface area contributed by atoms with Crippen molar-refractivity contribution >= 4 is 5.57 Å². The molecule has 0 radical (unpaired) electrons. The summed E-state index contributed by atoms with van der Waals surface area (Å²) in [5, 5.41) is 3.27.